The molecule has 2 rings (SSSR count). The quantitative estimate of drug-likeness (QED) is 0.771. The van der Waals surface area contributed by atoms with E-state index in [1.807, 2.05) is 24.3 Å². The Hall–Kier alpha value is -1.22. The summed E-state index contributed by atoms with van der Waals surface area (Å²) in [5, 5.41) is 0.722. The molecule has 98 valence electrons. The number of benzene rings is 1. The van der Waals surface area contributed by atoms with Gasteiger partial charge < -0.3 is 9.64 Å². The maximum absolute atomic E-state index is 11.8. The Balaban J connectivity index is 2.26. The molecule has 0 radical (unpaired) electrons. The Kier molecular flexibility index (Phi) is 3.53. The van der Waals surface area contributed by atoms with Gasteiger partial charge in [-0.1, -0.05) is 11.6 Å². The fourth-order valence-electron chi connectivity index (χ4n) is 2.72. The van der Waals surface area contributed by atoms with E-state index in [1.54, 1.807) is 0 Å². The first kappa shape index (κ1) is 13.2. The van der Waals surface area contributed by atoms with Crippen LogP contribution in [-0.4, -0.2) is 25.2 Å². The van der Waals surface area contributed by atoms with E-state index in [1.165, 1.54) is 7.11 Å². The second-order valence-corrected chi connectivity index (χ2v) is 5.58. The predicted octanol–water partition coefficient (Wildman–Crippen LogP) is 3.12. The average molecular weight is 268 g/mol. The van der Waals surface area contributed by atoms with Gasteiger partial charge in [-0.25, -0.2) is 0 Å². The molecule has 0 aliphatic carbocycles. The minimum Gasteiger partial charge on any atom is -0.469 e. The van der Waals surface area contributed by atoms with Gasteiger partial charge in [0.2, 0.25) is 0 Å². The minimum atomic E-state index is -0.235. The second kappa shape index (κ2) is 4.81. The SMILES string of the molecule is COC(=O)C1CCN(c2ccc(Cl)cc2)C1(C)C. The van der Waals surface area contributed by atoms with Crippen molar-refractivity contribution in [2.75, 3.05) is 18.6 Å². The highest BCUT2D eigenvalue weighted by atomic mass is 35.5. The number of hydrogen-bond acceptors (Lipinski definition) is 3. The van der Waals surface area contributed by atoms with E-state index in [0.717, 1.165) is 23.7 Å². The molecule has 1 unspecified atom stereocenters. The van der Waals surface area contributed by atoms with Crippen molar-refractivity contribution in [3.8, 4) is 0 Å². The molecule has 18 heavy (non-hydrogen) atoms. The molecule has 1 aromatic carbocycles. The highest BCUT2D eigenvalue weighted by Crippen LogP contribution is 2.39. The van der Waals surface area contributed by atoms with Crippen molar-refractivity contribution in [3.63, 3.8) is 0 Å². The summed E-state index contributed by atoms with van der Waals surface area (Å²) in [4.78, 5) is 14.0. The molecule has 1 aliphatic heterocycles. The van der Waals surface area contributed by atoms with Crippen LogP contribution in [0.2, 0.25) is 5.02 Å². The van der Waals surface area contributed by atoms with Gasteiger partial charge >= 0.3 is 5.97 Å². The van der Waals surface area contributed by atoms with Gasteiger partial charge in [0, 0.05) is 22.8 Å². The molecular formula is C14H18ClNO2. The van der Waals surface area contributed by atoms with Crippen molar-refractivity contribution in [2.45, 2.75) is 25.8 Å². The van der Waals surface area contributed by atoms with E-state index in [9.17, 15) is 4.79 Å². The van der Waals surface area contributed by atoms with Gasteiger partial charge in [-0.15, -0.1) is 0 Å². The third-order valence-electron chi connectivity index (χ3n) is 3.81. The Bertz CT molecular complexity index is 442. The van der Waals surface area contributed by atoms with Crippen LogP contribution >= 0.6 is 11.6 Å². The second-order valence-electron chi connectivity index (χ2n) is 5.15. The molecule has 1 saturated heterocycles. The molecule has 1 fully saturated rings. The Morgan fingerprint density at radius 1 is 1.39 bits per heavy atom. The monoisotopic (exact) mass is 267 g/mol. The zero-order valence-electron chi connectivity index (χ0n) is 10.9. The van der Waals surface area contributed by atoms with Crippen LogP contribution in [0.15, 0.2) is 24.3 Å². The Morgan fingerprint density at radius 2 is 2.00 bits per heavy atom. The summed E-state index contributed by atoms with van der Waals surface area (Å²) < 4.78 is 4.89. The fraction of sp³-hybridized carbons (Fsp3) is 0.500. The molecule has 0 saturated carbocycles. The first-order valence-electron chi connectivity index (χ1n) is 6.08. The van der Waals surface area contributed by atoms with Crippen LogP contribution in [0.3, 0.4) is 0 Å². The Labute approximate surface area is 113 Å². The minimum absolute atomic E-state index is 0.0850. The van der Waals surface area contributed by atoms with Gasteiger partial charge in [0.25, 0.3) is 0 Å². The summed E-state index contributed by atoms with van der Waals surface area (Å²) in [5.74, 6) is -0.213. The first-order valence-corrected chi connectivity index (χ1v) is 6.45. The third kappa shape index (κ3) is 2.19. The number of esters is 1. The molecule has 0 amide bonds. The maximum atomic E-state index is 11.8. The van der Waals surface area contributed by atoms with Crippen molar-refractivity contribution in [3.05, 3.63) is 29.3 Å². The van der Waals surface area contributed by atoms with Gasteiger partial charge in [-0.05, 0) is 44.5 Å². The molecule has 3 nitrogen and oxygen atoms in total. The van der Waals surface area contributed by atoms with E-state index < -0.39 is 0 Å². The zero-order valence-corrected chi connectivity index (χ0v) is 11.7. The third-order valence-corrected chi connectivity index (χ3v) is 4.07. The number of carbonyl (C=O) groups is 1. The van der Waals surface area contributed by atoms with Gasteiger partial charge in [-0.3, -0.25) is 4.79 Å². The first-order chi connectivity index (χ1) is 8.46. The number of anilines is 1. The van der Waals surface area contributed by atoms with Crippen molar-refractivity contribution in [1.82, 2.24) is 0 Å². The van der Waals surface area contributed by atoms with Gasteiger partial charge in [0.1, 0.15) is 0 Å². The van der Waals surface area contributed by atoms with Crippen LogP contribution in [0.5, 0.6) is 0 Å². The fourth-order valence-corrected chi connectivity index (χ4v) is 2.85. The summed E-state index contributed by atoms with van der Waals surface area (Å²) in [6.07, 6.45) is 0.822. The number of halogens is 1. The number of hydrogen-bond donors (Lipinski definition) is 0. The zero-order chi connectivity index (χ0) is 13.3. The summed E-state index contributed by atoms with van der Waals surface area (Å²) in [6, 6.07) is 7.73. The molecule has 4 heteroatoms. The van der Waals surface area contributed by atoms with Crippen LogP contribution in [0, 0.1) is 5.92 Å². The Morgan fingerprint density at radius 3 is 2.56 bits per heavy atom. The maximum Gasteiger partial charge on any atom is 0.311 e. The van der Waals surface area contributed by atoms with E-state index >= 15 is 0 Å². The molecule has 0 spiro atoms. The van der Waals surface area contributed by atoms with Gasteiger partial charge in [0.05, 0.1) is 13.0 Å². The normalized spacial score (nSPS) is 22.0. The molecule has 0 aromatic heterocycles. The predicted molar refractivity (Wildman–Crippen MR) is 73.0 cm³/mol. The number of nitrogens with zero attached hydrogens (tertiary/aromatic N) is 1. The standard InChI is InChI=1S/C14H18ClNO2/c1-14(2)12(13(17)18-3)8-9-16(14)11-6-4-10(15)5-7-11/h4-7,12H,8-9H2,1-3H3. The molecule has 1 aromatic rings. The molecule has 1 atom stereocenters. The van der Waals surface area contributed by atoms with Crippen molar-refractivity contribution >= 4 is 23.3 Å². The summed E-state index contributed by atoms with van der Waals surface area (Å²) in [7, 11) is 1.45. The van der Waals surface area contributed by atoms with E-state index in [0.29, 0.717) is 0 Å². The molecule has 1 aliphatic rings. The lowest BCUT2D eigenvalue weighted by molar-refractivity contribution is -0.146. The van der Waals surface area contributed by atoms with Crippen molar-refractivity contribution in [2.24, 2.45) is 5.92 Å². The molecular weight excluding hydrogens is 250 g/mol. The lowest BCUT2D eigenvalue weighted by Gasteiger charge is -2.36. The topological polar surface area (TPSA) is 29.5 Å². The summed E-state index contributed by atoms with van der Waals surface area (Å²) in [5.41, 5.74) is 0.858. The molecule has 1 heterocycles. The van der Waals surface area contributed by atoms with Crippen molar-refractivity contribution < 1.29 is 9.53 Å². The van der Waals surface area contributed by atoms with Crippen LogP contribution in [-0.2, 0) is 9.53 Å². The highest BCUT2D eigenvalue weighted by Gasteiger charge is 2.45. The van der Waals surface area contributed by atoms with Gasteiger partial charge in [0.15, 0.2) is 0 Å². The number of ether oxygens (including phenoxy) is 1. The van der Waals surface area contributed by atoms with E-state index in [4.69, 9.17) is 16.3 Å². The average Bonchev–Trinajstić information content (AvgIpc) is 2.65. The van der Waals surface area contributed by atoms with Crippen LogP contribution in [0.4, 0.5) is 5.69 Å². The van der Waals surface area contributed by atoms with Crippen LogP contribution in [0.25, 0.3) is 0 Å². The van der Waals surface area contributed by atoms with Crippen molar-refractivity contribution in [1.29, 1.82) is 0 Å². The summed E-state index contributed by atoms with van der Waals surface area (Å²) >= 11 is 5.90. The van der Waals surface area contributed by atoms with Crippen LogP contribution in [0.1, 0.15) is 20.3 Å². The lowest BCUT2D eigenvalue weighted by Crippen LogP contribution is -2.45. The molecule has 0 bridgehead atoms. The number of carbonyl (C=O) groups excluding carboxylic acids is 1. The smallest absolute Gasteiger partial charge is 0.311 e. The van der Waals surface area contributed by atoms with E-state index in [2.05, 4.69) is 18.7 Å². The number of methoxy groups -OCH3 is 1. The highest BCUT2D eigenvalue weighted by molar-refractivity contribution is 6.30. The lowest BCUT2D eigenvalue weighted by atomic mass is 9.88. The molecule has 0 N–H and O–H groups in total. The number of rotatable bonds is 2. The van der Waals surface area contributed by atoms with Crippen LogP contribution < -0.4 is 4.90 Å². The summed E-state index contributed by atoms with van der Waals surface area (Å²) in [6.45, 7) is 5.01. The van der Waals surface area contributed by atoms with Gasteiger partial charge in [-0.2, -0.15) is 0 Å². The van der Waals surface area contributed by atoms with E-state index in [-0.39, 0.29) is 17.4 Å². The largest absolute Gasteiger partial charge is 0.469 e.